The number of nitrogens with one attached hydrogen (secondary N) is 1. The fourth-order valence-electron chi connectivity index (χ4n) is 2.07. The number of aromatic amines is 1. The molecule has 0 saturated carbocycles. The van der Waals surface area contributed by atoms with E-state index in [1.165, 1.54) is 12.5 Å². The van der Waals surface area contributed by atoms with Crippen molar-refractivity contribution < 1.29 is 9.53 Å². The average Bonchev–Trinajstić information content (AvgIpc) is 2.54. The number of H-pyrrole nitrogens is 1. The minimum atomic E-state index is -0.426. The third-order valence-electron chi connectivity index (χ3n) is 3.23. The minimum Gasteiger partial charge on any atom is -0.494 e. The lowest BCUT2D eigenvalue weighted by molar-refractivity contribution is 0.0750. The molecular formula is C16H19N3O3. The van der Waals surface area contributed by atoms with Gasteiger partial charge in [-0.05, 0) is 31.5 Å². The Labute approximate surface area is 128 Å². The second kappa shape index (κ2) is 7.40. The summed E-state index contributed by atoms with van der Waals surface area (Å²) in [7, 11) is 0. The number of carbonyl (C=O) groups excluding carboxylic acids is 1. The smallest absolute Gasteiger partial charge is 0.263 e. The normalized spacial score (nSPS) is 10.3. The van der Waals surface area contributed by atoms with Crippen LogP contribution in [0.4, 0.5) is 0 Å². The van der Waals surface area contributed by atoms with Gasteiger partial charge in [-0.15, -0.1) is 0 Å². The van der Waals surface area contributed by atoms with Gasteiger partial charge in [0.25, 0.3) is 11.5 Å². The number of amides is 1. The number of carbonyl (C=O) groups is 1. The van der Waals surface area contributed by atoms with Crippen molar-refractivity contribution in [2.45, 2.75) is 20.4 Å². The molecule has 6 nitrogen and oxygen atoms in total. The van der Waals surface area contributed by atoms with Gasteiger partial charge in [0.1, 0.15) is 11.3 Å². The number of hydrogen-bond acceptors (Lipinski definition) is 4. The van der Waals surface area contributed by atoms with Crippen molar-refractivity contribution in [2.75, 3.05) is 13.2 Å². The molecule has 0 unspecified atom stereocenters. The second-order valence-corrected chi connectivity index (χ2v) is 4.69. The number of aromatic nitrogens is 2. The van der Waals surface area contributed by atoms with Gasteiger partial charge in [0.15, 0.2) is 0 Å². The Morgan fingerprint density at radius 3 is 2.59 bits per heavy atom. The van der Waals surface area contributed by atoms with Crippen LogP contribution in [0.2, 0.25) is 0 Å². The molecule has 0 aliphatic rings. The first kappa shape index (κ1) is 15.8. The lowest BCUT2D eigenvalue weighted by Crippen LogP contribution is -2.34. The van der Waals surface area contributed by atoms with E-state index < -0.39 is 5.56 Å². The molecule has 116 valence electrons. The van der Waals surface area contributed by atoms with E-state index in [4.69, 9.17) is 4.74 Å². The number of rotatable bonds is 6. The van der Waals surface area contributed by atoms with Crippen LogP contribution in [0.1, 0.15) is 29.8 Å². The summed E-state index contributed by atoms with van der Waals surface area (Å²) in [6.45, 7) is 5.34. The van der Waals surface area contributed by atoms with E-state index in [-0.39, 0.29) is 11.5 Å². The Kier molecular flexibility index (Phi) is 5.30. The largest absolute Gasteiger partial charge is 0.494 e. The highest BCUT2D eigenvalue weighted by Gasteiger charge is 2.17. The summed E-state index contributed by atoms with van der Waals surface area (Å²) >= 11 is 0. The van der Waals surface area contributed by atoms with Crippen molar-refractivity contribution in [3.05, 3.63) is 58.3 Å². The zero-order valence-corrected chi connectivity index (χ0v) is 12.7. The predicted octanol–water partition coefficient (Wildman–Crippen LogP) is 1.83. The molecule has 1 aromatic heterocycles. The zero-order chi connectivity index (χ0) is 15.9. The standard InChI is InChI=1S/C16H19N3O3/c1-3-19(16(21)14-9-17-11-18-15(14)20)10-12-5-7-13(8-6-12)22-4-2/h5-9,11H,3-4,10H2,1-2H3,(H,17,18,20). The van der Waals surface area contributed by atoms with Crippen molar-refractivity contribution in [3.8, 4) is 5.75 Å². The molecular weight excluding hydrogens is 282 g/mol. The quantitative estimate of drug-likeness (QED) is 0.883. The molecule has 1 aromatic carbocycles. The molecule has 0 bridgehead atoms. The molecule has 0 aliphatic carbocycles. The van der Waals surface area contributed by atoms with Gasteiger partial charge in [0.2, 0.25) is 0 Å². The number of ether oxygens (including phenoxy) is 1. The van der Waals surface area contributed by atoms with Gasteiger partial charge in [-0.25, -0.2) is 4.98 Å². The van der Waals surface area contributed by atoms with E-state index in [1.807, 2.05) is 38.1 Å². The Morgan fingerprint density at radius 1 is 1.27 bits per heavy atom. The van der Waals surface area contributed by atoms with Gasteiger partial charge in [0.05, 0.1) is 12.9 Å². The zero-order valence-electron chi connectivity index (χ0n) is 12.7. The maximum atomic E-state index is 12.4. The van der Waals surface area contributed by atoms with Gasteiger partial charge in [-0.2, -0.15) is 0 Å². The molecule has 1 heterocycles. The second-order valence-electron chi connectivity index (χ2n) is 4.69. The van der Waals surface area contributed by atoms with Crippen LogP contribution >= 0.6 is 0 Å². The molecule has 22 heavy (non-hydrogen) atoms. The van der Waals surface area contributed by atoms with E-state index in [0.29, 0.717) is 19.7 Å². The lowest BCUT2D eigenvalue weighted by Gasteiger charge is -2.20. The van der Waals surface area contributed by atoms with Crippen LogP contribution < -0.4 is 10.3 Å². The average molecular weight is 301 g/mol. The fraction of sp³-hybridized carbons (Fsp3) is 0.312. The first-order chi connectivity index (χ1) is 10.7. The van der Waals surface area contributed by atoms with Crippen molar-refractivity contribution in [2.24, 2.45) is 0 Å². The number of nitrogens with zero attached hydrogens (tertiary/aromatic N) is 2. The van der Waals surface area contributed by atoms with Gasteiger partial charge >= 0.3 is 0 Å². The van der Waals surface area contributed by atoms with Crippen molar-refractivity contribution in [1.29, 1.82) is 0 Å². The van der Waals surface area contributed by atoms with E-state index in [9.17, 15) is 9.59 Å². The monoisotopic (exact) mass is 301 g/mol. The highest BCUT2D eigenvalue weighted by molar-refractivity contribution is 5.93. The Hall–Kier alpha value is -2.63. The van der Waals surface area contributed by atoms with Crippen LogP contribution in [0.25, 0.3) is 0 Å². The van der Waals surface area contributed by atoms with Crippen molar-refractivity contribution in [3.63, 3.8) is 0 Å². The van der Waals surface area contributed by atoms with Gasteiger partial charge in [0, 0.05) is 19.3 Å². The maximum Gasteiger partial charge on any atom is 0.263 e. The van der Waals surface area contributed by atoms with Crippen molar-refractivity contribution >= 4 is 5.91 Å². The van der Waals surface area contributed by atoms with E-state index in [2.05, 4.69) is 9.97 Å². The summed E-state index contributed by atoms with van der Waals surface area (Å²) in [6, 6.07) is 7.56. The predicted molar refractivity (Wildman–Crippen MR) is 82.9 cm³/mol. The van der Waals surface area contributed by atoms with Gasteiger partial charge in [-0.1, -0.05) is 12.1 Å². The SMILES string of the molecule is CCOc1ccc(CN(CC)C(=O)c2cnc[nH]c2=O)cc1. The van der Waals surface area contributed by atoms with Crippen molar-refractivity contribution in [1.82, 2.24) is 14.9 Å². The Morgan fingerprint density at radius 2 is 2.00 bits per heavy atom. The van der Waals surface area contributed by atoms with Crippen LogP contribution in [0.3, 0.4) is 0 Å². The molecule has 1 amide bonds. The Bertz CT molecular complexity index is 680. The summed E-state index contributed by atoms with van der Waals surface area (Å²) in [5.74, 6) is 0.468. The third-order valence-corrected chi connectivity index (χ3v) is 3.23. The van der Waals surface area contributed by atoms with E-state index in [1.54, 1.807) is 4.90 Å². The maximum absolute atomic E-state index is 12.4. The minimum absolute atomic E-state index is 0.0512. The number of benzene rings is 1. The molecule has 0 aliphatic heterocycles. The van der Waals surface area contributed by atoms with Crippen LogP contribution in [0, 0.1) is 0 Å². The molecule has 0 fully saturated rings. The molecule has 2 rings (SSSR count). The molecule has 1 N–H and O–H groups in total. The lowest BCUT2D eigenvalue weighted by atomic mass is 10.2. The fourth-order valence-corrected chi connectivity index (χ4v) is 2.07. The van der Waals surface area contributed by atoms with Gasteiger partial charge < -0.3 is 14.6 Å². The van der Waals surface area contributed by atoms with E-state index >= 15 is 0 Å². The summed E-state index contributed by atoms with van der Waals surface area (Å²) in [5.41, 5.74) is 0.597. The summed E-state index contributed by atoms with van der Waals surface area (Å²) < 4.78 is 5.39. The summed E-state index contributed by atoms with van der Waals surface area (Å²) in [5, 5.41) is 0. The molecule has 0 spiro atoms. The van der Waals surface area contributed by atoms with Crippen LogP contribution in [0.5, 0.6) is 5.75 Å². The topological polar surface area (TPSA) is 75.3 Å². The van der Waals surface area contributed by atoms with Crippen LogP contribution in [-0.2, 0) is 6.54 Å². The Balaban J connectivity index is 2.13. The first-order valence-corrected chi connectivity index (χ1v) is 7.19. The molecule has 0 saturated heterocycles. The summed E-state index contributed by atoms with van der Waals surface area (Å²) in [6.07, 6.45) is 2.56. The van der Waals surface area contributed by atoms with Crippen LogP contribution in [0.15, 0.2) is 41.6 Å². The highest BCUT2D eigenvalue weighted by atomic mass is 16.5. The first-order valence-electron chi connectivity index (χ1n) is 7.19. The molecule has 6 heteroatoms. The highest BCUT2D eigenvalue weighted by Crippen LogP contribution is 2.14. The number of hydrogen-bond donors (Lipinski definition) is 1. The van der Waals surface area contributed by atoms with Crippen LogP contribution in [-0.4, -0.2) is 33.9 Å². The van der Waals surface area contributed by atoms with Gasteiger partial charge in [-0.3, -0.25) is 9.59 Å². The molecule has 0 radical (unpaired) electrons. The third kappa shape index (κ3) is 3.72. The van der Waals surface area contributed by atoms with E-state index in [0.717, 1.165) is 11.3 Å². The summed E-state index contributed by atoms with van der Waals surface area (Å²) in [4.78, 5) is 31.9. The molecule has 2 aromatic rings. The molecule has 0 atom stereocenters.